The quantitative estimate of drug-likeness (QED) is 0.210. The Balaban J connectivity index is 0.000000209. The highest BCUT2D eigenvalue weighted by Crippen LogP contribution is 2.31. The van der Waals surface area contributed by atoms with Gasteiger partial charge in [0.25, 0.3) is 0 Å². The number of phenolic OH excluding ortho intramolecular Hbond substituents is 1. The first-order valence-electron chi connectivity index (χ1n) is 11.7. The highest BCUT2D eigenvalue weighted by molar-refractivity contribution is 7.97. The molecule has 4 rings (SSSR count). The van der Waals surface area contributed by atoms with Crippen LogP contribution in [0, 0.1) is 5.92 Å². The summed E-state index contributed by atoms with van der Waals surface area (Å²) in [6.07, 6.45) is 3.78. The van der Waals surface area contributed by atoms with Gasteiger partial charge in [0.2, 0.25) is 0 Å². The third-order valence-electron chi connectivity index (χ3n) is 5.73. The van der Waals surface area contributed by atoms with E-state index in [4.69, 9.17) is 4.55 Å². The van der Waals surface area contributed by atoms with Crippen LogP contribution in [0.1, 0.15) is 32.1 Å². The van der Waals surface area contributed by atoms with E-state index in [-0.39, 0.29) is 10.9 Å². The van der Waals surface area contributed by atoms with Crippen molar-refractivity contribution < 1.29 is 36.4 Å². The smallest absolute Gasteiger partial charge is 0.402 e. The van der Waals surface area contributed by atoms with Crippen molar-refractivity contribution >= 4 is 27.0 Å². The van der Waals surface area contributed by atoms with E-state index < -0.39 is 33.9 Å². The summed E-state index contributed by atoms with van der Waals surface area (Å²) in [5.41, 5.74) is 0. The van der Waals surface area contributed by atoms with Crippen molar-refractivity contribution in [1.82, 2.24) is 0 Å². The normalized spacial score (nSPS) is 14.5. The third-order valence-corrected chi connectivity index (χ3v) is 8.83. The molecule has 1 aliphatic carbocycles. The van der Waals surface area contributed by atoms with E-state index in [1.165, 1.54) is 14.7 Å². The Morgan fingerprint density at radius 1 is 0.838 bits per heavy atom. The molecular weight excluding hydrogens is 522 g/mol. The minimum absolute atomic E-state index is 0.134. The van der Waals surface area contributed by atoms with Gasteiger partial charge in [-0.25, -0.2) is 0 Å². The number of carbonyl (C=O) groups is 1. The molecule has 0 aliphatic heterocycles. The second-order valence-electron chi connectivity index (χ2n) is 8.48. The largest absolute Gasteiger partial charge is 0.508 e. The van der Waals surface area contributed by atoms with Crippen molar-refractivity contribution in [2.75, 3.05) is 6.61 Å². The lowest BCUT2D eigenvalue weighted by Gasteiger charge is -2.21. The molecular formula is C27H29F2O6S2+. The van der Waals surface area contributed by atoms with Crippen LogP contribution < -0.4 is 0 Å². The van der Waals surface area contributed by atoms with Crippen LogP contribution in [0.25, 0.3) is 0 Å². The fourth-order valence-electron chi connectivity index (χ4n) is 3.79. The minimum Gasteiger partial charge on any atom is -0.508 e. The highest BCUT2D eigenvalue weighted by Gasteiger charge is 2.46. The lowest BCUT2D eigenvalue weighted by atomic mass is 9.89. The molecule has 1 saturated carbocycles. The summed E-state index contributed by atoms with van der Waals surface area (Å²) in [4.78, 5) is 15.1. The van der Waals surface area contributed by atoms with Gasteiger partial charge in [0, 0.05) is 0 Å². The maximum Gasteiger partial charge on any atom is 0.402 e. The Morgan fingerprint density at radius 2 is 1.30 bits per heavy atom. The molecule has 0 saturated heterocycles. The fourth-order valence-corrected chi connectivity index (χ4v) is 6.08. The summed E-state index contributed by atoms with van der Waals surface area (Å²) in [7, 11) is -5.67. The van der Waals surface area contributed by atoms with Crippen molar-refractivity contribution in [2.24, 2.45) is 5.92 Å². The number of halogens is 2. The molecule has 0 aromatic heterocycles. The molecule has 3 aromatic rings. The summed E-state index contributed by atoms with van der Waals surface area (Å²) in [5, 5.41) is 5.04. The Labute approximate surface area is 218 Å². The van der Waals surface area contributed by atoms with Crippen LogP contribution in [0.4, 0.5) is 8.78 Å². The van der Waals surface area contributed by atoms with E-state index in [1.807, 2.05) is 24.3 Å². The summed E-state index contributed by atoms with van der Waals surface area (Å²) < 4.78 is 58.4. The van der Waals surface area contributed by atoms with Crippen molar-refractivity contribution in [3.63, 3.8) is 0 Å². The van der Waals surface area contributed by atoms with E-state index in [9.17, 15) is 27.1 Å². The van der Waals surface area contributed by atoms with E-state index >= 15 is 0 Å². The topological polar surface area (TPSA) is 101 Å². The molecule has 1 aliphatic rings. The molecule has 0 atom stereocenters. The zero-order valence-corrected chi connectivity index (χ0v) is 21.6. The molecule has 10 heteroatoms. The Kier molecular flexibility index (Phi) is 10.1. The van der Waals surface area contributed by atoms with E-state index in [0.717, 1.165) is 19.3 Å². The summed E-state index contributed by atoms with van der Waals surface area (Å²) in [5.74, 6) is -0.965. The first kappa shape index (κ1) is 28.6. The van der Waals surface area contributed by atoms with Crippen LogP contribution in [0.5, 0.6) is 5.75 Å². The molecule has 0 bridgehead atoms. The van der Waals surface area contributed by atoms with Crippen LogP contribution in [-0.4, -0.2) is 35.9 Å². The Bertz CT molecular complexity index is 1190. The summed E-state index contributed by atoms with van der Waals surface area (Å²) in [6, 6.07) is 28.5. The molecule has 0 spiro atoms. The Morgan fingerprint density at radius 3 is 1.76 bits per heavy atom. The maximum absolute atomic E-state index is 12.7. The molecule has 37 heavy (non-hydrogen) atoms. The number of hydrogen-bond donors (Lipinski definition) is 2. The number of phenols is 1. The van der Waals surface area contributed by atoms with Gasteiger partial charge < -0.3 is 9.84 Å². The predicted molar refractivity (Wildman–Crippen MR) is 137 cm³/mol. The van der Waals surface area contributed by atoms with Crippen molar-refractivity contribution in [3.05, 3.63) is 84.9 Å². The van der Waals surface area contributed by atoms with Gasteiger partial charge >= 0.3 is 21.3 Å². The summed E-state index contributed by atoms with van der Waals surface area (Å²) >= 11 is 0. The third kappa shape index (κ3) is 8.28. The molecule has 0 unspecified atom stereocenters. The van der Waals surface area contributed by atoms with Gasteiger partial charge in [-0.15, -0.1) is 0 Å². The van der Waals surface area contributed by atoms with Crippen LogP contribution in [-0.2, 0) is 30.5 Å². The van der Waals surface area contributed by atoms with E-state index in [2.05, 4.69) is 53.3 Å². The number of benzene rings is 3. The molecule has 198 valence electrons. The lowest BCUT2D eigenvalue weighted by molar-refractivity contribution is -0.155. The molecule has 6 nitrogen and oxygen atoms in total. The zero-order valence-electron chi connectivity index (χ0n) is 20.0. The van der Waals surface area contributed by atoms with Gasteiger partial charge in [-0.1, -0.05) is 55.7 Å². The van der Waals surface area contributed by atoms with Gasteiger partial charge in [0.1, 0.15) is 5.75 Å². The van der Waals surface area contributed by atoms with Gasteiger partial charge in [-0.3, -0.25) is 9.35 Å². The number of esters is 1. The second kappa shape index (κ2) is 13.0. The molecule has 0 radical (unpaired) electrons. The number of aromatic hydroxyl groups is 1. The second-order valence-corrected chi connectivity index (χ2v) is 12.1. The van der Waals surface area contributed by atoms with Crippen LogP contribution >= 0.6 is 0 Å². The number of hydrogen-bond acceptors (Lipinski definition) is 5. The molecule has 2 N–H and O–H groups in total. The maximum atomic E-state index is 12.7. The van der Waals surface area contributed by atoms with Crippen LogP contribution in [0.3, 0.4) is 0 Å². The van der Waals surface area contributed by atoms with Crippen molar-refractivity contribution in [1.29, 1.82) is 0 Å². The monoisotopic (exact) mass is 551 g/mol. The van der Waals surface area contributed by atoms with E-state index in [1.54, 1.807) is 12.1 Å². The van der Waals surface area contributed by atoms with Crippen LogP contribution in [0.2, 0.25) is 0 Å². The molecule has 0 heterocycles. The van der Waals surface area contributed by atoms with Gasteiger partial charge in [-0.05, 0) is 61.4 Å². The molecule has 1 fully saturated rings. The predicted octanol–water partition coefficient (Wildman–Crippen LogP) is 6.08. The van der Waals surface area contributed by atoms with Crippen LogP contribution in [0.15, 0.2) is 99.6 Å². The fraction of sp³-hybridized carbons (Fsp3) is 0.296. The number of rotatable bonds is 7. The SMILES string of the molecule is O=C(OCC(F)(F)S(=O)(=O)O)C1CCCCC1.Oc1ccc([S+](c2ccccc2)c2ccccc2)cc1. The lowest BCUT2D eigenvalue weighted by Crippen LogP contribution is -2.35. The highest BCUT2D eigenvalue weighted by atomic mass is 32.2. The Hall–Kier alpha value is -2.95. The molecule has 0 amide bonds. The first-order chi connectivity index (χ1) is 17.6. The van der Waals surface area contributed by atoms with E-state index in [0.29, 0.717) is 18.6 Å². The summed E-state index contributed by atoms with van der Waals surface area (Å²) in [6.45, 7) is -1.64. The van der Waals surface area contributed by atoms with Crippen molar-refractivity contribution in [2.45, 2.75) is 52.0 Å². The minimum atomic E-state index is -5.54. The number of alkyl halides is 2. The molecule has 3 aromatic carbocycles. The van der Waals surface area contributed by atoms with Gasteiger partial charge in [0.15, 0.2) is 21.3 Å². The standard InChI is InChI=1S/C18H14OS.C9H14F2O5S/c19-15-11-13-18(14-12-15)20(16-7-3-1-4-8-16)17-9-5-2-6-10-17;10-9(11,17(13,14)15)6-16-8(12)7-4-2-1-3-5-7/h1-14H;7H,1-6H2,(H,13,14,15)/p+1. The average molecular weight is 552 g/mol. The number of ether oxygens (including phenoxy) is 1. The zero-order chi connectivity index (χ0) is 26.9. The van der Waals surface area contributed by atoms with Gasteiger partial charge in [-0.2, -0.15) is 17.2 Å². The van der Waals surface area contributed by atoms with Crippen molar-refractivity contribution in [3.8, 4) is 5.75 Å². The van der Waals surface area contributed by atoms with Gasteiger partial charge in [0.05, 0.1) is 16.8 Å². The number of carbonyl (C=O) groups excluding carboxylic acids is 1. The average Bonchev–Trinajstić information content (AvgIpc) is 2.90. The first-order valence-corrected chi connectivity index (χ1v) is 14.4.